The van der Waals surface area contributed by atoms with Crippen LogP contribution in [0, 0.1) is 5.41 Å². The minimum absolute atomic E-state index is 0.0569. The highest BCUT2D eigenvalue weighted by molar-refractivity contribution is 7.22. The van der Waals surface area contributed by atoms with Crippen molar-refractivity contribution in [1.29, 1.82) is 0 Å². The second-order valence-corrected chi connectivity index (χ2v) is 7.28. The van der Waals surface area contributed by atoms with Crippen LogP contribution in [0.3, 0.4) is 0 Å². The molecular weight excluding hydrogens is 298 g/mol. The first-order valence-electron chi connectivity index (χ1n) is 6.34. The molecule has 0 saturated heterocycles. The van der Waals surface area contributed by atoms with E-state index in [2.05, 4.69) is 4.98 Å². The van der Waals surface area contributed by atoms with Crippen LogP contribution in [0.25, 0.3) is 10.2 Å². The van der Waals surface area contributed by atoms with Crippen molar-refractivity contribution in [2.24, 2.45) is 5.41 Å². The summed E-state index contributed by atoms with van der Waals surface area (Å²) in [5.41, 5.74) is 1.09. The maximum absolute atomic E-state index is 10.5. The monoisotopic (exact) mass is 315 g/mol. The second kappa shape index (κ2) is 5.85. The second-order valence-electron chi connectivity index (χ2n) is 5.67. The van der Waals surface area contributed by atoms with Crippen molar-refractivity contribution in [2.45, 2.75) is 26.9 Å². The molecule has 0 amide bonds. The third-order valence-corrected chi connectivity index (χ3v) is 4.05. The molecule has 0 fully saturated rings. The van der Waals surface area contributed by atoms with Crippen molar-refractivity contribution in [3.8, 4) is 5.75 Å². The molecule has 0 bridgehead atoms. The van der Waals surface area contributed by atoms with Crippen molar-refractivity contribution >= 4 is 33.2 Å². The van der Waals surface area contributed by atoms with Crippen LogP contribution >= 0.6 is 22.9 Å². The van der Waals surface area contributed by atoms with E-state index in [1.807, 2.05) is 26.8 Å². The lowest BCUT2D eigenvalue weighted by Crippen LogP contribution is -2.18. The van der Waals surface area contributed by atoms with Crippen LogP contribution in [-0.2, 0) is 0 Å². The number of nitrogens with zero attached hydrogens (tertiary/aromatic N) is 1. The number of aliphatic hydroxyl groups is 2. The molecule has 0 spiro atoms. The summed E-state index contributed by atoms with van der Waals surface area (Å²) in [6.07, 6.45) is -0.680. The zero-order valence-corrected chi connectivity index (χ0v) is 13.3. The van der Waals surface area contributed by atoms with Crippen LogP contribution < -0.4 is 4.74 Å². The third kappa shape index (κ3) is 3.23. The van der Waals surface area contributed by atoms with E-state index in [1.54, 1.807) is 6.07 Å². The van der Waals surface area contributed by atoms with Gasteiger partial charge in [-0.25, -0.2) is 4.98 Å². The van der Waals surface area contributed by atoms with Crippen molar-refractivity contribution in [2.75, 3.05) is 13.2 Å². The Kier molecular flexibility index (Phi) is 4.54. The molecule has 0 aliphatic carbocycles. The van der Waals surface area contributed by atoms with Gasteiger partial charge in [-0.2, -0.15) is 0 Å². The minimum Gasteiger partial charge on any atom is -0.491 e. The van der Waals surface area contributed by atoms with Crippen LogP contribution in [0.1, 0.15) is 32.4 Å². The van der Waals surface area contributed by atoms with E-state index in [0.29, 0.717) is 21.3 Å². The highest BCUT2D eigenvalue weighted by Crippen LogP contribution is 2.40. The van der Waals surface area contributed by atoms with Gasteiger partial charge >= 0.3 is 0 Å². The number of fused-ring (bicyclic) bond motifs is 1. The number of rotatable bonds is 4. The molecule has 2 N–H and O–H groups in total. The van der Waals surface area contributed by atoms with E-state index < -0.39 is 6.10 Å². The molecule has 1 aromatic heterocycles. The van der Waals surface area contributed by atoms with Gasteiger partial charge in [-0.15, -0.1) is 11.3 Å². The Hall–Kier alpha value is -0.880. The Morgan fingerprint density at radius 1 is 1.40 bits per heavy atom. The summed E-state index contributed by atoms with van der Waals surface area (Å²) >= 11 is 7.32. The van der Waals surface area contributed by atoms with Crippen LogP contribution in [0.5, 0.6) is 5.75 Å². The fourth-order valence-electron chi connectivity index (χ4n) is 1.92. The lowest BCUT2D eigenvalue weighted by molar-refractivity contribution is 0.0635. The zero-order chi connectivity index (χ0) is 14.9. The Bertz CT molecular complexity index is 606. The first-order valence-corrected chi connectivity index (χ1v) is 7.54. The highest BCUT2D eigenvalue weighted by atomic mass is 35.5. The number of hydrogen-bond acceptors (Lipinski definition) is 5. The Labute approximate surface area is 127 Å². The van der Waals surface area contributed by atoms with Crippen molar-refractivity contribution in [1.82, 2.24) is 4.98 Å². The number of benzene rings is 1. The molecular formula is C14H18ClNO3S. The lowest BCUT2D eigenvalue weighted by Gasteiger charge is -2.26. The Morgan fingerprint density at radius 3 is 2.70 bits per heavy atom. The molecule has 0 aliphatic heterocycles. The van der Waals surface area contributed by atoms with Gasteiger partial charge in [-0.05, 0) is 17.5 Å². The average molecular weight is 316 g/mol. The molecule has 0 saturated carbocycles. The summed E-state index contributed by atoms with van der Waals surface area (Å²) in [5.74, 6) is 0.602. The Balaban J connectivity index is 2.54. The fourth-order valence-corrected chi connectivity index (χ4v) is 3.01. The van der Waals surface area contributed by atoms with E-state index in [9.17, 15) is 5.11 Å². The summed E-state index contributed by atoms with van der Waals surface area (Å²) in [7, 11) is 0. The van der Waals surface area contributed by atoms with Crippen LogP contribution in [0.15, 0.2) is 12.1 Å². The van der Waals surface area contributed by atoms with E-state index >= 15 is 0 Å². The normalized spacial score (nSPS) is 13.7. The van der Waals surface area contributed by atoms with Gasteiger partial charge in [-0.1, -0.05) is 32.4 Å². The molecule has 1 heterocycles. The molecule has 1 atom stereocenters. The number of halogens is 1. The molecule has 20 heavy (non-hydrogen) atoms. The van der Waals surface area contributed by atoms with Crippen molar-refractivity contribution < 1.29 is 14.9 Å². The van der Waals surface area contributed by atoms with Gasteiger partial charge in [0.15, 0.2) is 4.47 Å². The number of thiazole rings is 1. The smallest absolute Gasteiger partial charge is 0.184 e. The van der Waals surface area contributed by atoms with Gasteiger partial charge in [-0.3, -0.25) is 0 Å². The molecule has 2 rings (SSSR count). The summed E-state index contributed by atoms with van der Waals surface area (Å²) in [5, 5.41) is 19.4. The minimum atomic E-state index is -0.680. The van der Waals surface area contributed by atoms with E-state index in [-0.39, 0.29) is 18.6 Å². The summed E-state index contributed by atoms with van der Waals surface area (Å²) in [6.45, 7) is 6.03. The van der Waals surface area contributed by atoms with Crippen LogP contribution in [-0.4, -0.2) is 28.4 Å². The average Bonchev–Trinajstić information content (AvgIpc) is 2.73. The van der Waals surface area contributed by atoms with Gasteiger partial charge in [0.25, 0.3) is 0 Å². The predicted molar refractivity (Wildman–Crippen MR) is 81.6 cm³/mol. The van der Waals surface area contributed by atoms with Gasteiger partial charge in [0.1, 0.15) is 12.4 Å². The summed E-state index contributed by atoms with van der Waals surface area (Å²) in [6, 6.07) is 3.59. The number of aromatic nitrogens is 1. The van der Waals surface area contributed by atoms with Gasteiger partial charge in [0.05, 0.1) is 22.9 Å². The molecule has 1 unspecified atom stereocenters. The molecule has 110 valence electrons. The maximum atomic E-state index is 10.5. The van der Waals surface area contributed by atoms with E-state index in [0.717, 1.165) is 4.70 Å². The predicted octanol–water partition coefficient (Wildman–Crippen LogP) is 3.40. The SMILES string of the molecule is CC(C)(C)C(O)c1cc(OCCO)cc2sc(Cl)nc12. The van der Waals surface area contributed by atoms with Crippen molar-refractivity contribution in [3.05, 3.63) is 22.2 Å². The molecule has 1 aromatic carbocycles. The summed E-state index contributed by atoms with van der Waals surface area (Å²) in [4.78, 5) is 4.29. The molecule has 6 heteroatoms. The zero-order valence-electron chi connectivity index (χ0n) is 11.7. The maximum Gasteiger partial charge on any atom is 0.184 e. The quantitative estimate of drug-likeness (QED) is 0.907. The highest BCUT2D eigenvalue weighted by Gasteiger charge is 2.27. The summed E-state index contributed by atoms with van der Waals surface area (Å²) < 4.78 is 6.75. The molecule has 2 aromatic rings. The van der Waals surface area contributed by atoms with Crippen LogP contribution in [0.2, 0.25) is 4.47 Å². The van der Waals surface area contributed by atoms with E-state index in [4.69, 9.17) is 21.4 Å². The fraction of sp³-hybridized carbons (Fsp3) is 0.500. The van der Waals surface area contributed by atoms with Crippen LogP contribution in [0.4, 0.5) is 0 Å². The number of ether oxygens (including phenoxy) is 1. The standard InChI is InChI=1S/C14H18ClNO3S/c1-14(2,3)12(18)9-6-8(19-5-4-17)7-10-11(9)16-13(15)20-10/h6-7,12,17-18H,4-5H2,1-3H3. The first-order chi connectivity index (χ1) is 9.32. The topological polar surface area (TPSA) is 62.6 Å². The van der Waals surface area contributed by atoms with E-state index in [1.165, 1.54) is 11.3 Å². The molecule has 0 radical (unpaired) electrons. The first kappa shape index (κ1) is 15.5. The third-order valence-electron chi connectivity index (χ3n) is 2.95. The van der Waals surface area contributed by atoms with Gasteiger partial charge in [0, 0.05) is 5.56 Å². The van der Waals surface area contributed by atoms with Gasteiger partial charge in [0.2, 0.25) is 0 Å². The molecule has 0 aliphatic rings. The largest absolute Gasteiger partial charge is 0.491 e. The van der Waals surface area contributed by atoms with Gasteiger partial charge < -0.3 is 14.9 Å². The van der Waals surface area contributed by atoms with Crippen molar-refractivity contribution in [3.63, 3.8) is 0 Å². The number of aliphatic hydroxyl groups excluding tert-OH is 2. The Morgan fingerprint density at radius 2 is 2.10 bits per heavy atom. The molecule has 4 nitrogen and oxygen atoms in total. The lowest BCUT2D eigenvalue weighted by atomic mass is 9.84. The number of hydrogen-bond donors (Lipinski definition) is 2.